The lowest BCUT2D eigenvalue weighted by Crippen LogP contribution is -2.35. The monoisotopic (exact) mass is 390 g/mol. The molecule has 4 heterocycles. The zero-order valence-electron chi connectivity index (χ0n) is 16.7. The summed E-state index contributed by atoms with van der Waals surface area (Å²) in [6.07, 6.45) is 5.73. The molecule has 0 saturated carbocycles. The van der Waals surface area contributed by atoms with E-state index in [0.29, 0.717) is 18.5 Å². The van der Waals surface area contributed by atoms with Crippen LogP contribution in [0.2, 0.25) is 0 Å². The van der Waals surface area contributed by atoms with E-state index in [1.165, 1.54) is 5.56 Å². The van der Waals surface area contributed by atoms with E-state index in [0.717, 1.165) is 56.1 Å². The average molecular weight is 390 g/mol. The van der Waals surface area contributed by atoms with Gasteiger partial charge in [0, 0.05) is 37.7 Å². The average Bonchev–Trinajstić information content (AvgIpc) is 3.17. The summed E-state index contributed by atoms with van der Waals surface area (Å²) in [6.45, 7) is 4.72. The van der Waals surface area contributed by atoms with E-state index in [4.69, 9.17) is 14.8 Å². The Morgan fingerprint density at radius 3 is 2.69 bits per heavy atom. The lowest BCUT2D eigenvalue weighted by molar-refractivity contribution is 0.201. The Labute approximate surface area is 170 Å². The van der Waals surface area contributed by atoms with Gasteiger partial charge >= 0.3 is 6.01 Å². The molecule has 1 atom stereocenters. The molecule has 0 bridgehead atoms. The molecule has 150 valence electrons. The fourth-order valence-electron chi connectivity index (χ4n) is 4.34. The topological polar surface area (TPSA) is 69.0 Å². The van der Waals surface area contributed by atoms with Gasteiger partial charge in [-0.05, 0) is 31.2 Å². The number of benzene rings is 1. The molecule has 1 fully saturated rings. The minimum atomic E-state index is 0.212. The van der Waals surface area contributed by atoms with Crippen LogP contribution in [-0.2, 0) is 6.42 Å². The largest absolute Gasteiger partial charge is 0.464 e. The second-order valence-corrected chi connectivity index (χ2v) is 7.97. The van der Waals surface area contributed by atoms with Gasteiger partial charge in [-0.15, -0.1) is 0 Å². The normalized spacial score (nSPS) is 19.6. The van der Waals surface area contributed by atoms with Gasteiger partial charge in [0.05, 0.1) is 12.6 Å². The Morgan fingerprint density at radius 2 is 1.90 bits per heavy atom. The quantitative estimate of drug-likeness (QED) is 0.681. The second-order valence-electron chi connectivity index (χ2n) is 7.97. The lowest BCUT2D eigenvalue weighted by atomic mass is 9.93. The van der Waals surface area contributed by atoms with Crippen LogP contribution in [0.1, 0.15) is 42.4 Å². The molecule has 0 N–H and O–H groups in total. The number of piperidine rings is 1. The van der Waals surface area contributed by atoms with E-state index < -0.39 is 0 Å². The summed E-state index contributed by atoms with van der Waals surface area (Å²) < 4.78 is 7.78. The molecule has 1 saturated heterocycles. The molecule has 7 heteroatoms. The molecule has 29 heavy (non-hydrogen) atoms. The van der Waals surface area contributed by atoms with Crippen LogP contribution < -0.4 is 9.64 Å². The highest BCUT2D eigenvalue weighted by Crippen LogP contribution is 2.31. The van der Waals surface area contributed by atoms with Crippen molar-refractivity contribution in [2.45, 2.75) is 38.6 Å². The van der Waals surface area contributed by atoms with Gasteiger partial charge in [-0.25, -0.2) is 14.6 Å². The van der Waals surface area contributed by atoms with E-state index in [9.17, 15) is 0 Å². The van der Waals surface area contributed by atoms with Gasteiger partial charge < -0.3 is 9.64 Å². The zero-order valence-corrected chi connectivity index (χ0v) is 16.7. The number of hydrogen-bond acceptors (Lipinski definition) is 6. The van der Waals surface area contributed by atoms with E-state index in [-0.39, 0.29) is 6.04 Å². The minimum absolute atomic E-state index is 0.212. The van der Waals surface area contributed by atoms with Gasteiger partial charge in [0.2, 0.25) is 0 Å². The number of anilines is 1. The molecule has 1 aromatic carbocycles. The van der Waals surface area contributed by atoms with Crippen molar-refractivity contribution in [2.75, 3.05) is 24.6 Å². The molecule has 0 aliphatic carbocycles. The van der Waals surface area contributed by atoms with Crippen molar-refractivity contribution in [1.29, 1.82) is 0 Å². The van der Waals surface area contributed by atoms with Crippen LogP contribution in [0.4, 0.5) is 5.82 Å². The molecule has 2 aliphatic rings. The SMILES string of the molecule is Cc1cc(N2CCC(Cc3nc4n(n3)C(c3ccccc3)CCO4)CC2)ncn1. The Hall–Kier alpha value is -2.96. The molecule has 1 unspecified atom stereocenters. The number of ether oxygens (including phenoxy) is 1. The number of fused-ring (bicyclic) bond motifs is 1. The summed E-state index contributed by atoms with van der Waals surface area (Å²) in [5.74, 6) is 2.53. The Morgan fingerprint density at radius 1 is 1.07 bits per heavy atom. The first-order valence-electron chi connectivity index (χ1n) is 10.4. The Bertz CT molecular complexity index is 964. The van der Waals surface area contributed by atoms with Crippen molar-refractivity contribution in [2.24, 2.45) is 5.92 Å². The summed E-state index contributed by atoms with van der Waals surface area (Å²) in [7, 11) is 0. The highest BCUT2D eigenvalue weighted by molar-refractivity contribution is 5.39. The van der Waals surface area contributed by atoms with Crippen LogP contribution in [0.5, 0.6) is 6.01 Å². The van der Waals surface area contributed by atoms with Crippen LogP contribution in [0.3, 0.4) is 0 Å². The van der Waals surface area contributed by atoms with Crippen molar-refractivity contribution in [3.8, 4) is 6.01 Å². The molecule has 5 rings (SSSR count). The summed E-state index contributed by atoms with van der Waals surface area (Å²) in [5, 5.41) is 4.84. The summed E-state index contributed by atoms with van der Waals surface area (Å²) in [4.78, 5) is 15.7. The molecule has 0 amide bonds. The van der Waals surface area contributed by atoms with Crippen molar-refractivity contribution >= 4 is 5.82 Å². The number of nitrogens with zero attached hydrogens (tertiary/aromatic N) is 6. The fraction of sp³-hybridized carbons (Fsp3) is 0.455. The third-order valence-electron chi connectivity index (χ3n) is 5.95. The zero-order chi connectivity index (χ0) is 19.6. The first-order chi connectivity index (χ1) is 14.3. The molecule has 2 aliphatic heterocycles. The molecule has 0 radical (unpaired) electrons. The summed E-state index contributed by atoms with van der Waals surface area (Å²) in [5.41, 5.74) is 2.28. The third kappa shape index (κ3) is 3.81. The van der Waals surface area contributed by atoms with E-state index in [2.05, 4.69) is 45.2 Å². The number of hydrogen-bond donors (Lipinski definition) is 0. The number of rotatable bonds is 4. The third-order valence-corrected chi connectivity index (χ3v) is 5.95. The van der Waals surface area contributed by atoms with Gasteiger partial charge in [0.1, 0.15) is 12.1 Å². The molecule has 0 spiro atoms. The molecule has 2 aromatic heterocycles. The van der Waals surface area contributed by atoms with E-state index in [1.54, 1.807) is 6.33 Å². The van der Waals surface area contributed by atoms with Crippen LogP contribution in [-0.4, -0.2) is 44.4 Å². The summed E-state index contributed by atoms with van der Waals surface area (Å²) in [6, 6.07) is 13.5. The predicted octanol–water partition coefficient (Wildman–Crippen LogP) is 3.21. The first-order valence-corrected chi connectivity index (χ1v) is 10.4. The second kappa shape index (κ2) is 7.81. The van der Waals surface area contributed by atoms with E-state index in [1.807, 2.05) is 17.7 Å². The number of aromatic nitrogens is 5. The van der Waals surface area contributed by atoms with Crippen molar-refractivity contribution < 1.29 is 4.74 Å². The minimum Gasteiger partial charge on any atom is -0.464 e. The van der Waals surface area contributed by atoms with Crippen molar-refractivity contribution in [3.63, 3.8) is 0 Å². The first kappa shape index (κ1) is 18.1. The van der Waals surface area contributed by atoms with Gasteiger partial charge in [0.15, 0.2) is 5.82 Å². The highest BCUT2D eigenvalue weighted by Gasteiger charge is 2.28. The van der Waals surface area contributed by atoms with Gasteiger partial charge in [-0.1, -0.05) is 30.3 Å². The van der Waals surface area contributed by atoms with Gasteiger partial charge in [0.25, 0.3) is 0 Å². The Balaban J connectivity index is 1.25. The standard InChI is InChI=1S/C22H26N6O/c1-16-13-21(24-15-23-16)27-10-7-17(8-11-27)14-20-25-22-28(26-20)19(9-12-29-22)18-5-3-2-4-6-18/h2-6,13,15,17,19H,7-12,14H2,1H3. The highest BCUT2D eigenvalue weighted by atomic mass is 16.5. The maximum Gasteiger partial charge on any atom is 0.315 e. The maximum atomic E-state index is 5.80. The maximum absolute atomic E-state index is 5.80. The molecular weight excluding hydrogens is 364 g/mol. The van der Waals surface area contributed by atoms with Gasteiger partial charge in [-0.3, -0.25) is 0 Å². The fourth-order valence-corrected chi connectivity index (χ4v) is 4.34. The van der Waals surface area contributed by atoms with Crippen LogP contribution in [0, 0.1) is 12.8 Å². The molecule has 3 aromatic rings. The molecular formula is C22H26N6O. The van der Waals surface area contributed by atoms with Crippen LogP contribution >= 0.6 is 0 Å². The lowest BCUT2D eigenvalue weighted by Gasteiger charge is -2.32. The van der Waals surface area contributed by atoms with Crippen LogP contribution in [0.25, 0.3) is 0 Å². The van der Waals surface area contributed by atoms with Crippen LogP contribution in [0.15, 0.2) is 42.7 Å². The summed E-state index contributed by atoms with van der Waals surface area (Å²) >= 11 is 0. The predicted molar refractivity (Wildman–Crippen MR) is 110 cm³/mol. The van der Waals surface area contributed by atoms with Gasteiger partial charge in [-0.2, -0.15) is 10.1 Å². The van der Waals surface area contributed by atoms with E-state index >= 15 is 0 Å². The Kier molecular flexibility index (Phi) is 4.87. The molecule has 7 nitrogen and oxygen atoms in total. The number of aryl methyl sites for hydroxylation is 1. The smallest absolute Gasteiger partial charge is 0.315 e. The van der Waals surface area contributed by atoms with Crippen molar-refractivity contribution in [3.05, 3.63) is 59.8 Å². The van der Waals surface area contributed by atoms with Crippen molar-refractivity contribution in [1.82, 2.24) is 24.7 Å².